The molecule has 0 N–H and O–H groups in total. The fraction of sp³-hybridized carbons (Fsp3) is 0.700. The van der Waals surface area contributed by atoms with Crippen molar-refractivity contribution >= 4 is 0 Å². The highest BCUT2D eigenvalue weighted by atomic mass is 16.5. The Morgan fingerprint density at radius 2 is 2.09 bits per heavy atom. The molecule has 0 aromatic heterocycles. The summed E-state index contributed by atoms with van der Waals surface area (Å²) in [6.07, 6.45) is 5.39. The van der Waals surface area contributed by atoms with E-state index in [1.165, 1.54) is 5.57 Å². The molecule has 0 heterocycles. The molecule has 65 valence electrons. The molecule has 0 unspecified atom stereocenters. The van der Waals surface area contributed by atoms with E-state index in [4.69, 9.17) is 4.74 Å². The Morgan fingerprint density at radius 1 is 1.36 bits per heavy atom. The molecule has 0 aliphatic heterocycles. The third-order valence-corrected chi connectivity index (χ3v) is 1.33. The molecule has 0 amide bonds. The lowest BCUT2D eigenvalue weighted by molar-refractivity contribution is 0.136. The van der Waals surface area contributed by atoms with E-state index in [0.29, 0.717) is 0 Å². The molecule has 1 heteroatoms. The van der Waals surface area contributed by atoms with E-state index in [1.807, 2.05) is 0 Å². The molecule has 0 bridgehead atoms. The van der Waals surface area contributed by atoms with Gasteiger partial charge in [0.15, 0.2) is 0 Å². The number of rotatable bonds is 6. The van der Waals surface area contributed by atoms with Crippen LogP contribution in [0.4, 0.5) is 0 Å². The van der Waals surface area contributed by atoms with E-state index in [0.717, 1.165) is 32.5 Å². The summed E-state index contributed by atoms with van der Waals surface area (Å²) < 4.78 is 5.27. The van der Waals surface area contributed by atoms with Gasteiger partial charge in [0.25, 0.3) is 0 Å². The number of ether oxygens (including phenoxy) is 1. The SMILES string of the molecule is [CH2]CCOCCCC=C(C)C. The fourth-order valence-electron chi connectivity index (χ4n) is 0.780. The zero-order chi connectivity index (χ0) is 8.53. The van der Waals surface area contributed by atoms with Crippen molar-refractivity contribution in [3.8, 4) is 0 Å². The van der Waals surface area contributed by atoms with E-state index in [1.54, 1.807) is 0 Å². The number of hydrogen-bond acceptors (Lipinski definition) is 1. The Hall–Kier alpha value is -0.300. The van der Waals surface area contributed by atoms with Gasteiger partial charge in [0.1, 0.15) is 0 Å². The second kappa shape index (κ2) is 7.80. The standard InChI is InChI=1S/C10H19O/c1-4-8-11-9-6-5-7-10(2)3/h7H,1,4-6,8-9H2,2-3H3. The van der Waals surface area contributed by atoms with Gasteiger partial charge in [-0.05, 0) is 33.1 Å². The van der Waals surface area contributed by atoms with Crippen LogP contribution in [0.1, 0.15) is 33.1 Å². The Morgan fingerprint density at radius 3 is 2.64 bits per heavy atom. The Kier molecular flexibility index (Phi) is 7.59. The smallest absolute Gasteiger partial charge is 0.0468 e. The van der Waals surface area contributed by atoms with Crippen LogP contribution in [0, 0.1) is 6.92 Å². The van der Waals surface area contributed by atoms with E-state index in [-0.39, 0.29) is 0 Å². The molecule has 0 saturated carbocycles. The second-order valence-electron chi connectivity index (χ2n) is 2.89. The quantitative estimate of drug-likeness (QED) is 0.423. The molecule has 1 radical (unpaired) electrons. The van der Waals surface area contributed by atoms with Crippen LogP contribution in [0.3, 0.4) is 0 Å². The molecule has 0 rings (SSSR count). The molecule has 0 fully saturated rings. The maximum absolute atomic E-state index is 5.27. The molecular weight excluding hydrogens is 136 g/mol. The van der Waals surface area contributed by atoms with Gasteiger partial charge in [-0.2, -0.15) is 0 Å². The zero-order valence-electron chi connectivity index (χ0n) is 7.73. The van der Waals surface area contributed by atoms with Crippen molar-refractivity contribution in [2.75, 3.05) is 13.2 Å². The molecule has 1 nitrogen and oxygen atoms in total. The first-order valence-electron chi connectivity index (χ1n) is 4.27. The molecular formula is C10H19O. The van der Waals surface area contributed by atoms with Crippen molar-refractivity contribution in [3.63, 3.8) is 0 Å². The normalized spacial score (nSPS) is 9.73. The van der Waals surface area contributed by atoms with Crippen molar-refractivity contribution in [3.05, 3.63) is 18.6 Å². The maximum Gasteiger partial charge on any atom is 0.0468 e. The van der Waals surface area contributed by atoms with E-state index >= 15 is 0 Å². The first kappa shape index (κ1) is 10.7. The number of allylic oxidation sites excluding steroid dienone is 2. The summed E-state index contributed by atoms with van der Waals surface area (Å²) in [6, 6.07) is 0. The highest BCUT2D eigenvalue weighted by Crippen LogP contribution is 1.97. The largest absolute Gasteiger partial charge is 0.381 e. The number of hydrogen-bond donors (Lipinski definition) is 0. The molecule has 0 aromatic rings. The van der Waals surface area contributed by atoms with E-state index in [9.17, 15) is 0 Å². The van der Waals surface area contributed by atoms with Gasteiger partial charge in [0, 0.05) is 13.2 Å². The van der Waals surface area contributed by atoms with Gasteiger partial charge in [0.2, 0.25) is 0 Å². The van der Waals surface area contributed by atoms with Crippen LogP contribution in [-0.4, -0.2) is 13.2 Å². The lowest BCUT2D eigenvalue weighted by atomic mass is 10.2. The number of unbranched alkanes of at least 4 members (excludes halogenated alkanes) is 1. The van der Waals surface area contributed by atoms with Crippen LogP contribution in [0.5, 0.6) is 0 Å². The van der Waals surface area contributed by atoms with Crippen molar-refractivity contribution in [1.29, 1.82) is 0 Å². The minimum absolute atomic E-state index is 0.800. The van der Waals surface area contributed by atoms with Crippen LogP contribution >= 0.6 is 0 Å². The average molecular weight is 155 g/mol. The summed E-state index contributed by atoms with van der Waals surface area (Å²) in [5.41, 5.74) is 1.39. The van der Waals surface area contributed by atoms with Gasteiger partial charge in [-0.15, -0.1) is 0 Å². The van der Waals surface area contributed by atoms with Gasteiger partial charge in [-0.1, -0.05) is 18.6 Å². The lowest BCUT2D eigenvalue weighted by Gasteiger charge is -1.99. The molecule has 11 heavy (non-hydrogen) atoms. The Bertz CT molecular complexity index is 101. The van der Waals surface area contributed by atoms with Crippen molar-refractivity contribution < 1.29 is 4.74 Å². The van der Waals surface area contributed by atoms with Crippen LogP contribution < -0.4 is 0 Å². The van der Waals surface area contributed by atoms with Crippen molar-refractivity contribution in [2.45, 2.75) is 33.1 Å². The van der Waals surface area contributed by atoms with Crippen LogP contribution in [0.2, 0.25) is 0 Å². The summed E-state index contributed by atoms with van der Waals surface area (Å²) in [5.74, 6) is 0. The molecule has 0 aromatic carbocycles. The molecule has 0 aliphatic carbocycles. The third kappa shape index (κ3) is 9.70. The molecule has 0 saturated heterocycles. The predicted octanol–water partition coefficient (Wildman–Crippen LogP) is 2.97. The van der Waals surface area contributed by atoms with Crippen molar-refractivity contribution in [2.24, 2.45) is 0 Å². The van der Waals surface area contributed by atoms with Crippen LogP contribution in [0.15, 0.2) is 11.6 Å². The van der Waals surface area contributed by atoms with Crippen molar-refractivity contribution in [1.82, 2.24) is 0 Å². The summed E-state index contributed by atoms with van der Waals surface area (Å²) in [5, 5.41) is 0. The monoisotopic (exact) mass is 155 g/mol. The minimum Gasteiger partial charge on any atom is -0.381 e. The zero-order valence-corrected chi connectivity index (χ0v) is 7.73. The highest BCUT2D eigenvalue weighted by Gasteiger charge is 1.85. The average Bonchev–Trinajstić information content (AvgIpc) is 1.96. The Labute approximate surface area is 70.4 Å². The minimum atomic E-state index is 0.800. The second-order valence-corrected chi connectivity index (χ2v) is 2.89. The first-order valence-corrected chi connectivity index (χ1v) is 4.27. The van der Waals surface area contributed by atoms with E-state index in [2.05, 4.69) is 26.8 Å². The lowest BCUT2D eigenvalue weighted by Crippen LogP contribution is -1.94. The van der Waals surface area contributed by atoms with Gasteiger partial charge >= 0.3 is 0 Å². The fourth-order valence-corrected chi connectivity index (χ4v) is 0.780. The molecule has 0 atom stereocenters. The molecule has 0 aliphatic rings. The summed E-state index contributed by atoms with van der Waals surface area (Å²) >= 11 is 0. The van der Waals surface area contributed by atoms with Gasteiger partial charge < -0.3 is 4.74 Å². The van der Waals surface area contributed by atoms with Crippen LogP contribution in [-0.2, 0) is 4.74 Å². The molecule has 0 spiro atoms. The summed E-state index contributed by atoms with van der Waals surface area (Å²) in [4.78, 5) is 0. The third-order valence-electron chi connectivity index (χ3n) is 1.33. The topological polar surface area (TPSA) is 9.23 Å². The predicted molar refractivity (Wildman–Crippen MR) is 49.5 cm³/mol. The Balaban J connectivity index is 2.97. The van der Waals surface area contributed by atoms with Crippen LogP contribution in [0.25, 0.3) is 0 Å². The highest BCUT2D eigenvalue weighted by molar-refractivity contribution is 4.92. The van der Waals surface area contributed by atoms with Gasteiger partial charge in [-0.3, -0.25) is 0 Å². The van der Waals surface area contributed by atoms with E-state index < -0.39 is 0 Å². The van der Waals surface area contributed by atoms with Gasteiger partial charge in [-0.25, -0.2) is 0 Å². The van der Waals surface area contributed by atoms with Gasteiger partial charge in [0.05, 0.1) is 0 Å². The maximum atomic E-state index is 5.27. The summed E-state index contributed by atoms with van der Waals surface area (Å²) in [6.45, 7) is 9.61. The summed E-state index contributed by atoms with van der Waals surface area (Å²) in [7, 11) is 0. The first-order chi connectivity index (χ1) is 5.27.